The Morgan fingerprint density at radius 3 is 2.44 bits per heavy atom. The van der Waals surface area contributed by atoms with Gasteiger partial charge < -0.3 is 5.73 Å². The molecule has 0 saturated heterocycles. The Hall–Kier alpha value is -0.0600. The second kappa shape index (κ2) is 5.93. The zero-order valence-electron chi connectivity index (χ0n) is 9.71. The lowest BCUT2D eigenvalue weighted by Crippen LogP contribution is -2.12. The van der Waals surface area contributed by atoms with Gasteiger partial charge in [-0.15, -0.1) is 11.3 Å². The molecule has 0 amide bonds. The van der Waals surface area contributed by atoms with Gasteiger partial charge in [-0.3, -0.25) is 0 Å². The van der Waals surface area contributed by atoms with Crippen molar-refractivity contribution in [2.45, 2.75) is 19.4 Å². The van der Waals surface area contributed by atoms with Gasteiger partial charge in [0, 0.05) is 21.0 Å². The number of halogens is 3. The first kappa shape index (κ1) is 14.4. The molecule has 0 aliphatic heterocycles. The summed E-state index contributed by atoms with van der Waals surface area (Å²) in [6.07, 6.45) is 0.644. The molecule has 96 valence electrons. The Morgan fingerprint density at radius 2 is 1.94 bits per heavy atom. The van der Waals surface area contributed by atoms with E-state index < -0.39 is 0 Å². The van der Waals surface area contributed by atoms with Gasteiger partial charge in [0.1, 0.15) is 0 Å². The van der Waals surface area contributed by atoms with Crippen LogP contribution in [0.15, 0.2) is 28.1 Å². The molecule has 0 radical (unpaired) electrons. The van der Waals surface area contributed by atoms with Crippen LogP contribution in [0, 0.1) is 6.92 Å². The van der Waals surface area contributed by atoms with Crippen molar-refractivity contribution in [3.05, 3.63) is 54.1 Å². The minimum absolute atomic E-state index is 0.0857. The van der Waals surface area contributed by atoms with Crippen molar-refractivity contribution in [3.8, 4) is 0 Å². The minimum atomic E-state index is -0.0857. The maximum atomic E-state index is 6.22. The van der Waals surface area contributed by atoms with E-state index in [0.717, 1.165) is 14.2 Å². The average Bonchev–Trinajstić information content (AvgIpc) is 2.64. The first-order chi connectivity index (χ1) is 8.49. The van der Waals surface area contributed by atoms with Crippen LogP contribution in [0.4, 0.5) is 0 Å². The Bertz CT molecular complexity index is 528. The summed E-state index contributed by atoms with van der Waals surface area (Å²) < 4.78 is 1.12. The van der Waals surface area contributed by atoms with Crippen LogP contribution in [0.5, 0.6) is 0 Å². The Balaban J connectivity index is 2.23. The fraction of sp³-hybridized carbons (Fsp3) is 0.231. The topological polar surface area (TPSA) is 26.0 Å². The van der Waals surface area contributed by atoms with E-state index >= 15 is 0 Å². The molecule has 0 spiro atoms. The number of rotatable bonds is 3. The summed E-state index contributed by atoms with van der Waals surface area (Å²) in [5.74, 6) is 0. The standard InChI is InChI=1S/C13H12BrCl2NS/c1-7-5-12(18-13(7)14)11(17)6-8-9(15)3-2-4-10(8)16/h2-5,11H,6,17H2,1H3. The second-order valence-corrected chi connectivity index (χ2v) is 7.33. The van der Waals surface area contributed by atoms with Crippen LogP contribution < -0.4 is 5.73 Å². The number of nitrogens with two attached hydrogens (primary N) is 1. The summed E-state index contributed by atoms with van der Waals surface area (Å²) in [6, 6.07) is 7.53. The van der Waals surface area contributed by atoms with Crippen LogP contribution in [-0.4, -0.2) is 0 Å². The van der Waals surface area contributed by atoms with Crippen LogP contribution in [-0.2, 0) is 6.42 Å². The smallest absolute Gasteiger partial charge is 0.0731 e. The third kappa shape index (κ3) is 3.09. The van der Waals surface area contributed by atoms with Gasteiger partial charge in [-0.1, -0.05) is 29.3 Å². The van der Waals surface area contributed by atoms with Gasteiger partial charge in [-0.05, 0) is 58.6 Å². The number of thiophene rings is 1. The molecule has 1 aromatic carbocycles. The van der Waals surface area contributed by atoms with Gasteiger partial charge in [0.2, 0.25) is 0 Å². The molecule has 1 nitrogen and oxygen atoms in total. The van der Waals surface area contributed by atoms with Crippen molar-refractivity contribution in [1.29, 1.82) is 0 Å². The van der Waals surface area contributed by atoms with Gasteiger partial charge in [0.05, 0.1) is 3.79 Å². The minimum Gasteiger partial charge on any atom is -0.323 e. The summed E-state index contributed by atoms with van der Waals surface area (Å²) in [5, 5.41) is 1.34. The normalized spacial score (nSPS) is 12.7. The molecule has 2 rings (SSSR count). The van der Waals surface area contributed by atoms with E-state index in [2.05, 4.69) is 28.9 Å². The summed E-state index contributed by atoms with van der Waals surface area (Å²) in [4.78, 5) is 1.13. The van der Waals surface area contributed by atoms with E-state index in [-0.39, 0.29) is 6.04 Å². The molecular weight excluding hydrogens is 353 g/mol. The van der Waals surface area contributed by atoms with Crippen molar-refractivity contribution >= 4 is 50.5 Å². The Kier molecular flexibility index (Phi) is 4.73. The molecule has 0 aliphatic carbocycles. The molecule has 0 saturated carbocycles. The van der Waals surface area contributed by atoms with Crippen molar-refractivity contribution < 1.29 is 0 Å². The van der Waals surface area contributed by atoms with Crippen molar-refractivity contribution in [2.24, 2.45) is 5.73 Å². The molecule has 1 heterocycles. The number of hydrogen-bond acceptors (Lipinski definition) is 2. The molecule has 0 fully saturated rings. The molecule has 5 heteroatoms. The van der Waals surface area contributed by atoms with Crippen molar-refractivity contribution in [3.63, 3.8) is 0 Å². The highest BCUT2D eigenvalue weighted by Gasteiger charge is 2.15. The van der Waals surface area contributed by atoms with Crippen LogP contribution in [0.2, 0.25) is 10.0 Å². The number of aryl methyl sites for hydroxylation is 1. The SMILES string of the molecule is Cc1cc(C(N)Cc2c(Cl)cccc2Cl)sc1Br. The molecule has 2 aromatic rings. The molecule has 1 unspecified atom stereocenters. The van der Waals surface area contributed by atoms with Gasteiger partial charge in [0.25, 0.3) is 0 Å². The highest BCUT2D eigenvalue weighted by Crippen LogP contribution is 2.34. The largest absolute Gasteiger partial charge is 0.323 e. The zero-order valence-corrected chi connectivity index (χ0v) is 13.6. The average molecular weight is 365 g/mol. The molecule has 0 aliphatic rings. The summed E-state index contributed by atoms with van der Waals surface area (Å²) >= 11 is 17.5. The number of benzene rings is 1. The van der Waals surface area contributed by atoms with Crippen LogP contribution in [0.3, 0.4) is 0 Å². The van der Waals surface area contributed by atoms with Gasteiger partial charge in [0.15, 0.2) is 0 Å². The van der Waals surface area contributed by atoms with Crippen LogP contribution >= 0.6 is 50.5 Å². The fourth-order valence-corrected chi connectivity index (χ4v) is 3.84. The third-order valence-corrected chi connectivity index (χ3v) is 5.70. The van der Waals surface area contributed by atoms with E-state index in [9.17, 15) is 0 Å². The molecule has 18 heavy (non-hydrogen) atoms. The first-order valence-electron chi connectivity index (χ1n) is 5.43. The van der Waals surface area contributed by atoms with Gasteiger partial charge in [-0.25, -0.2) is 0 Å². The van der Waals surface area contributed by atoms with Crippen molar-refractivity contribution in [1.82, 2.24) is 0 Å². The summed E-state index contributed by atoms with van der Waals surface area (Å²) in [5.41, 5.74) is 8.34. The van der Waals surface area contributed by atoms with E-state index in [0.29, 0.717) is 16.5 Å². The molecule has 1 aromatic heterocycles. The maximum absolute atomic E-state index is 6.22. The predicted octanol–water partition coefficient (Wildman–Crippen LogP) is 5.37. The zero-order chi connectivity index (χ0) is 13.3. The fourth-order valence-electron chi connectivity index (χ4n) is 1.71. The van der Waals surface area contributed by atoms with Gasteiger partial charge in [-0.2, -0.15) is 0 Å². The van der Waals surface area contributed by atoms with E-state index in [1.807, 2.05) is 18.2 Å². The summed E-state index contributed by atoms with van der Waals surface area (Å²) in [7, 11) is 0. The van der Waals surface area contributed by atoms with Crippen LogP contribution in [0.1, 0.15) is 22.0 Å². The molecule has 0 bridgehead atoms. The molecule has 2 N–H and O–H groups in total. The summed E-state index contributed by atoms with van der Waals surface area (Å²) in [6.45, 7) is 2.05. The third-order valence-electron chi connectivity index (χ3n) is 2.73. The highest BCUT2D eigenvalue weighted by atomic mass is 79.9. The first-order valence-corrected chi connectivity index (χ1v) is 7.80. The van der Waals surface area contributed by atoms with Gasteiger partial charge >= 0.3 is 0 Å². The Labute approximate surface area is 129 Å². The monoisotopic (exact) mass is 363 g/mol. The molecular formula is C13H12BrCl2NS. The van der Waals surface area contributed by atoms with E-state index in [1.165, 1.54) is 5.56 Å². The van der Waals surface area contributed by atoms with E-state index in [4.69, 9.17) is 28.9 Å². The Morgan fingerprint density at radius 1 is 1.33 bits per heavy atom. The number of hydrogen-bond donors (Lipinski definition) is 1. The lowest BCUT2D eigenvalue weighted by atomic mass is 10.0. The quantitative estimate of drug-likeness (QED) is 0.778. The lowest BCUT2D eigenvalue weighted by Gasteiger charge is -2.12. The lowest BCUT2D eigenvalue weighted by molar-refractivity contribution is 0.736. The molecule has 1 atom stereocenters. The predicted molar refractivity (Wildman–Crippen MR) is 83.9 cm³/mol. The maximum Gasteiger partial charge on any atom is 0.0731 e. The second-order valence-electron chi connectivity index (χ2n) is 4.12. The van der Waals surface area contributed by atoms with E-state index in [1.54, 1.807) is 11.3 Å². The van der Waals surface area contributed by atoms with Crippen LogP contribution in [0.25, 0.3) is 0 Å². The van der Waals surface area contributed by atoms with Crippen molar-refractivity contribution in [2.75, 3.05) is 0 Å². The highest BCUT2D eigenvalue weighted by molar-refractivity contribution is 9.11.